The Morgan fingerprint density at radius 2 is 1.46 bits per heavy atom. The van der Waals surface area contributed by atoms with Crippen molar-refractivity contribution in [3.63, 3.8) is 0 Å². The summed E-state index contributed by atoms with van der Waals surface area (Å²) >= 11 is 0. The normalized spacial score (nSPS) is 18.0. The van der Waals surface area contributed by atoms with Gasteiger partial charge in [-0.1, -0.05) is 0 Å². The summed E-state index contributed by atoms with van der Waals surface area (Å²) in [5, 5.41) is 0. The molecule has 7 nitrogen and oxygen atoms in total. The minimum atomic E-state index is -0.115. The Hall–Kier alpha value is -2.44. The van der Waals surface area contributed by atoms with Crippen molar-refractivity contribution < 1.29 is 14.4 Å². The van der Waals surface area contributed by atoms with Gasteiger partial charge >= 0.3 is 0 Å². The number of piperazine rings is 1. The maximum atomic E-state index is 12.6. The number of amides is 3. The minimum absolute atomic E-state index is 0.0320. The first-order valence-electron chi connectivity index (χ1n) is 8.36. The molecule has 0 saturated carbocycles. The zero-order chi connectivity index (χ0) is 17.1. The van der Waals surface area contributed by atoms with Crippen LogP contribution in [0.25, 0.3) is 0 Å². The highest BCUT2D eigenvalue weighted by atomic mass is 16.2. The number of rotatable bonds is 2. The molecule has 128 valence electrons. The van der Waals surface area contributed by atoms with Crippen molar-refractivity contribution in [1.29, 1.82) is 0 Å². The molecular weight excluding hydrogens is 308 g/mol. The molecule has 0 aromatic carbocycles. The van der Waals surface area contributed by atoms with Crippen molar-refractivity contribution in [3.05, 3.63) is 29.6 Å². The molecule has 2 aliphatic heterocycles. The van der Waals surface area contributed by atoms with E-state index in [2.05, 4.69) is 4.98 Å². The van der Waals surface area contributed by atoms with E-state index >= 15 is 0 Å². The summed E-state index contributed by atoms with van der Waals surface area (Å²) < 4.78 is 0. The third kappa shape index (κ3) is 3.39. The monoisotopic (exact) mass is 330 g/mol. The number of hydrogen-bond acceptors (Lipinski definition) is 4. The molecule has 0 aliphatic carbocycles. The van der Waals surface area contributed by atoms with Crippen LogP contribution in [0.3, 0.4) is 0 Å². The molecule has 2 fully saturated rings. The number of hydrogen-bond donors (Lipinski definition) is 0. The SMILES string of the molecule is CC(=O)N1CCN(C(=O)c2ccnc(C(=O)N3CCCC3)c2)CC1. The summed E-state index contributed by atoms with van der Waals surface area (Å²) in [4.78, 5) is 45.8. The summed E-state index contributed by atoms with van der Waals surface area (Å²) in [7, 11) is 0. The van der Waals surface area contributed by atoms with Crippen molar-refractivity contribution in [3.8, 4) is 0 Å². The van der Waals surface area contributed by atoms with Crippen LogP contribution >= 0.6 is 0 Å². The Labute approximate surface area is 141 Å². The van der Waals surface area contributed by atoms with Gasteiger partial charge in [0.1, 0.15) is 5.69 Å². The summed E-state index contributed by atoms with van der Waals surface area (Å²) in [6.07, 6.45) is 3.55. The summed E-state index contributed by atoms with van der Waals surface area (Å²) in [6.45, 7) is 5.16. The highest BCUT2D eigenvalue weighted by Gasteiger charge is 2.25. The molecule has 0 unspecified atom stereocenters. The predicted octanol–water partition coefficient (Wildman–Crippen LogP) is 0.622. The van der Waals surface area contributed by atoms with Gasteiger partial charge in [-0.25, -0.2) is 0 Å². The van der Waals surface area contributed by atoms with Crippen LogP contribution < -0.4 is 0 Å². The number of nitrogens with zero attached hydrogens (tertiary/aromatic N) is 4. The molecule has 24 heavy (non-hydrogen) atoms. The fourth-order valence-corrected chi connectivity index (χ4v) is 3.17. The lowest BCUT2D eigenvalue weighted by atomic mass is 10.1. The van der Waals surface area contributed by atoms with Gasteiger partial charge < -0.3 is 14.7 Å². The number of pyridine rings is 1. The van der Waals surface area contributed by atoms with E-state index in [9.17, 15) is 14.4 Å². The smallest absolute Gasteiger partial charge is 0.272 e. The van der Waals surface area contributed by atoms with E-state index in [0.717, 1.165) is 25.9 Å². The van der Waals surface area contributed by atoms with Gasteiger partial charge in [0.05, 0.1) is 0 Å². The van der Waals surface area contributed by atoms with Crippen molar-refractivity contribution in [2.75, 3.05) is 39.3 Å². The Morgan fingerprint density at radius 1 is 0.875 bits per heavy atom. The van der Waals surface area contributed by atoms with Gasteiger partial charge in [0.2, 0.25) is 5.91 Å². The van der Waals surface area contributed by atoms with Gasteiger partial charge in [0, 0.05) is 58.0 Å². The van der Waals surface area contributed by atoms with Crippen molar-refractivity contribution in [2.45, 2.75) is 19.8 Å². The Kier molecular flexibility index (Phi) is 4.78. The van der Waals surface area contributed by atoms with E-state index in [0.29, 0.717) is 37.4 Å². The maximum absolute atomic E-state index is 12.6. The molecule has 0 radical (unpaired) electrons. The molecule has 2 saturated heterocycles. The van der Waals surface area contributed by atoms with E-state index in [-0.39, 0.29) is 17.7 Å². The van der Waals surface area contributed by atoms with Crippen LogP contribution in [0.1, 0.15) is 40.6 Å². The number of carbonyl (C=O) groups is 3. The quantitative estimate of drug-likeness (QED) is 0.797. The molecule has 3 rings (SSSR count). The predicted molar refractivity (Wildman–Crippen MR) is 87.5 cm³/mol. The second kappa shape index (κ2) is 6.98. The van der Waals surface area contributed by atoms with Crippen LogP contribution in [0.2, 0.25) is 0 Å². The van der Waals surface area contributed by atoms with Gasteiger partial charge in [0.15, 0.2) is 0 Å². The second-order valence-electron chi connectivity index (χ2n) is 6.23. The Bertz CT molecular complexity index is 647. The highest BCUT2D eigenvalue weighted by Crippen LogP contribution is 2.14. The van der Waals surface area contributed by atoms with Gasteiger partial charge in [-0.2, -0.15) is 0 Å². The zero-order valence-corrected chi connectivity index (χ0v) is 13.9. The average Bonchev–Trinajstić information content (AvgIpc) is 3.15. The Morgan fingerprint density at radius 3 is 2.08 bits per heavy atom. The largest absolute Gasteiger partial charge is 0.339 e. The third-order valence-electron chi connectivity index (χ3n) is 4.63. The average molecular weight is 330 g/mol. The van der Waals surface area contributed by atoms with Crippen LogP contribution in [-0.4, -0.2) is 76.7 Å². The summed E-state index contributed by atoms with van der Waals surface area (Å²) in [5.74, 6) is -0.191. The van der Waals surface area contributed by atoms with E-state index in [1.54, 1.807) is 26.8 Å². The van der Waals surface area contributed by atoms with E-state index in [1.165, 1.54) is 13.1 Å². The van der Waals surface area contributed by atoms with Gasteiger partial charge in [-0.05, 0) is 25.0 Å². The fraction of sp³-hybridized carbons (Fsp3) is 0.529. The van der Waals surface area contributed by atoms with Crippen molar-refractivity contribution >= 4 is 17.7 Å². The lowest BCUT2D eigenvalue weighted by molar-refractivity contribution is -0.130. The molecule has 0 bridgehead atoms. The van der Waals surface area contributed by atoms with Crippen molar-refractivity contribution in [1.82, 2.24) is 19.7 Å². The molecule has 0 N–H and O–H groups in total. The molecule has 2 aliphatic rings. The molecule has 7 heteroatoms. The first-order valence-corrected chi connectivity index (χ1v) is 8.36. The lowest BCUT2D eigenvalue weighted by Crippen LogP contribution is -2.50. The van der Waals surface area contributed by atoms with Gasteiger partial charge in [-0.15, -0.1) is 0 Å². The molecule has 0 atom stereocenters. The first-order chi connectivity index (χ1) is 11.6. The van der Waals surface area contributed by atoms with E-state index < -0.39 is 0 Å². The number of likely N-dealkylation sites (tertiary alicyclic amines) is 1. The molecule has 1 aromatic rings. The molecule has 3 heterocycles. The van der Waals surface area contributed by atoms with Crippen molar-refractivity contribution in [2.24, 2.45) is 0 Å². The summed E-state index contributed by atoms with van der Waals surface area (Å²) in [6, 6.07) is 3.22. The molecular formula is C17H22N4O3. The lowest BCUT2D eigenvalue weighted by Gasteiger charge is -2.34. The van der Waals surface area contributed by atoms with E-state index in [4.69, 9.17) is 0 Å². The standard InChI is InChI=1S/C17H22N4O3/c1-13(22)19-8-10-21(11-9-19)16(23)14-4-5-18-15(12-14)17(24)20-6-2-3-7-20/h4-5,12H,2-3,6-11H2,1H3. The van der Waals surface area contributed by atoms with Crippen LogP contribution in [0.15, 0.2) is 18.3 Å². The molecule has 3 amide bonds. The third-order valence-corrected chi connectivity index (χ3v) is 4.63. The van der Waals surface area contributed by atoms with Crippen LogP contribution in [0, 0.1) is 0 Å². The highest BCUT2D eigenvalue weighted by molar-refractivity contribution is 5.98. The minimum Gasteiger partial charge on any atom is -0.339 e. The second-order valence-corrected chi connectivity index (χ2v) is 6.23. The zero-order valence-electron chi connectivity index (χ0n) is 13.9. The number of carbonyl (C=O) groups excluding carboxylic acids is 3. The first kappa shape index (κ1) is 16.4. The maximum Gasteiger partial charge on any atom is 0.272 e. The topological polar surface area (TPSA) is 73.8 Å². The summed E-state index contributed by atoms with van der Waals surface area (Å²) in [5.41, 5.74) is 0.800. The molecule has 1 aromatic heterocycles. The van der Waals surface area contributed by atoms with Gasteiger partial charge in [0.25, 0.3) is 11.8 Å². The molecule has 0 spiro atoms. The van der Waals surface area contributed by atoms with E-state index in [1.807, 2.05) is 0 Å². The van der Waals surface area contributed by atoms with Crippen LogP contribution in [-0.2, 0) is 4.79 Å². The van der Waals surface area contributed by atoms with Gasteiger partial charge in [-0.3, -0.25) is 19.4 Å². The van der Waals surface area contributed by atoms with Crippen LogP contribution in [0.4, 0.5) is 0 Å². The Balaban J connectivity index is 1.68. The fourth-order valence-electron chi connectivity index (χ4n) is 3.17. The number of aromatic nitrogens is 1. The van der Waals surface area contributed by atoms with Crippen LogP contribution in [0.5, 0.6) is 0 Å².